The Kier molecular flexibility index (Phi) is 2.95. The van der Waals surface area contributed by atoms with Crippen LogP contribution in [0.15, 0.2) is 12.2 Å². The molecule has 0 saturated heterocycles. The van der Waals surface area contributed by atoms with Crippen molar-refractivity contribution in [3.63, 3.8) is 0 Å². The van der Waals surface area contributed by atoms with Crippen LogP contribution in [0.5, 0.6) is 0 Å². The fourth-order valence-electron chi connectivity index (χ4n) is 0.581. The van der Waals surface area contributed by atoms with Crippen molar-refractivity contribution >= 4 is 5.97 Å². The van der Waals surface area contributed by atoms with Crippen LogP contribution in [0.3, 0.4) is 0 Å². The summed E-state index contributed by atoms with van der Waals surface area (Å²) >= 11 is 0. The van der Waals surface area contributed by atoms with Crippen LogP contribution in [0.25, 0.3) is 0 Å². The van der Waals surface area contributed by atoms with E-state index >= 15 is 0 Å². The number of likely N-dealkylation sites (N-methyl/N-ethyl adjacent to an activating group) is 1. The van der Waals surface area contributed by atoms with Gasteiger partial charge in [-0.2, -0.15) is 0 Å². The number of carboxylic acids is 1. The van der Waals surface area contributed by atoms with Gasteiger partial charge < -0.3 is 10.4 Å². The normalized spacial score (nSPS) is 12.7. The van der Waals surface area contributed by atoms with Crippen LogP contribution in [-0.4, -0.2) is 24.2 Å². The zero-order chi connectivity index (χ0) is 7.44. The maximum Gasteiger partial charge on any atom is 0.324 e. The van der Waals surface area contributed by atoms with Gasteiger partial charge in [0.2, 0.25) is 0 Å². The molecule has 52 valence electrons. The number of hydrogen-bond acceptors (Lipinski definition) is 2. The molecule has 0 amide bonds. The molecule has 3 heteroatoms. The molecule has 0 unspecified atom stereocenters. The van der Waals surface area contributed by atoms with E-state index in [0.29, 0.717) is 5.57 Å². The first-order valence-electron chi connectivity index (χ1n) is 2.65. The lowest BCUT2D eigenvalue weighted by Gasteiger charge is -2.08. The van der Waals surface area contributed by atoms with Gasteiger partial charge in [0.25, 0.3) is 0 Å². The summed E-state index contributed by atoms with van der Waals surface area (Å²) in [5, 5.41) is 11.0. The lowest BCUT2D eigenvalue weighted by Crippen LogP contribution is -2.34. The molecule has 0 radical (unpaired) electrons. The van der Waals surface area contributed by atoms with Crippen LogP contribution >= 0.6 is 0 Å². The standard InChI is InChI=1S/C6H11NO2/c1-4(2)5(7-3)6(8)9/h5,7H,1H2,2-3H3,(H,8,9)/t5-/m1/s1. The number of rotatable bonds is 3. The van der Waals surface area contributed by atoms with Gasteiger partial charge in [-0.3, -0.25) is 4.79 Å². The zero-order valence-electron chi connectivity index (χ0n) is 5.64. The molecule has 0 heterocycles. The summed E-state index contributed by atoms with van der Waals surface area (Å²) in [6, 6.07) is -0.606. The van der Waals surface area contributed by atoms with E-state index in [4.69, 9.17) is 5.11 Å². The Hall–Kier alpha value is -0.830. The summed E-state index contributed by atoms with van der Waals surface area (Å²) in [4.78, 5) is 10.2. The van der Waals surface area contributed by atoms with Crippen LogP contribution in [0, 0.1) is 0 Å². The minimum Gasteiger partial charge on any atom is -0.480 e. The van der Waals surface area contributed by atoms with Gasteiger partial charge in [0.15, 0.2) is 0 Å². The molecular formula is C6H11NO2. The summed E-state index contributed by atoms with van der Waals surface area (Å²) in [5.74, 6) is -0.884. The first-order chi connectivity index (χ1) is 4.09. The average molecular weight is 129 g/mol. The Balaban J connectivity index is 3.99. The topological polar surface area (TPSA) is 49.3 Å². The zero-order valence-corrected chi connectivity index (χ0v) is 5.64. The van der Waals surface area contributed by atoms with Gasteiger partial charge in [0.1, 0.15) is 6.04 Å². The van der Waals surface area contributed by atoms with Gasteiger partial charge in [0.05, 0.1) is 0 Å². The Morgan fingerprint density at radius 3 is 2.22 bits per heavy atom. The van der Waals surface area contributed by atoms with Gasteiger partial charge >= 0.3 is 5.97 Å². The second-order valence-corrected chi connectivity index (χ2v) is 1.91. The van der Waals surface area contributed by atoms with Crippen molar-refractivity contribution < 1.29 is 9.90 Å². The Morgan fingerprint density at radius 2 is 2.22 bits per heavy atom. The van der Waals surface area contributed by atoms with E-state index in [2.05, 4.69) is 11.9 Å². The van der Waals surface area contributed by atoms with Crippen LogP contribution in [-0.2, 0) is 4.79 Å². The minimum absolute atomic E-state index is 0.606. The lowest BCUT2D eigenvalue weighted by molar-refractivity contribution is -0.138. The number of aliphatic carboxylic acids is 1. The van der Waals surface area contributed by atoms with Crippen LogP contribution in [0.4, 0.5) is 0 Å². The second-order valence-electron chi connectivity index (χ2n) is 1.91. The van der Waals surface area contributed by atoms with E-state index < -0.39 is 12.0 Å². The van der Waals surface area contributed by atoms with E-state index in [1.807, 2.05) is 0 Å². The first kappa shape index (κ1) is 8.17. The monoisotopic (exact) mass is 129 g/mol. The molecule has 3 nitrogen and oxygen atoms in total. The molecule has 0 aromatic heterocycles. The number of carboxylic acid groups (broad SMARTS) is 1. The van der Waals surface area contributed by atoms with Gasteiger partial charge in [0, 0.05) is 0 Å². The molecule has 0 spiro atoms. The van der Waals surface area contributed by atoms with Gasteiger partial charge in [-0.05, 0) is 14.0 Å². The van der Waals surface area contributed by atoms with Crippen LogP contribution < -0.4 is 5.32 Å². The molecule has 0 fully saturated rings. The summed E-state index contributed by atoms with van der Waals surface area (Å²) in [5.41, 5.74) is 0.616. The second kappa shape index (κ2) is 3.25. The van der Waals surface area contributed by atoms with E-state index in [9.17, 15) is 4.79 Å². The van der Waals surface area contributed by atoms with E-state index in [-0.39, 0.29) is 0 Å². The van der Waals surface area contributed by atoms with Crippen LogP contribution in [0.2, 0.25) is 0 Å². The molecule has 0 saturated carbocycles. The molecular weight excluding hydrogens is 118 g/mol. The third-order valence-corrected chi connectivity index (χ3v) is 1.03. The van der Waals surface area contributed by atoms with Gasteiger partial charge in [-0.15, -0.1) is 0 Å². The van der Waals surface area contributed by atoms with Crippen molar-refractivity contribution in [2.24, 2.45) is 0 Å². The highest BCUT2D eigenvalue weighted by molar-refractivity contribution is 5.76. The molecule has 0 aromatic rings. The summed E-state index contributed by atoms with van der Waals surface area (Å²) in [7, 11) is 1.59. The molecule has 0 bridgehead atoms. The highest BCUT2D eigenvalue weighted by atomic mass is 16.4. The van der Waals surface area contributed by atoms with Crippen LogP contribution in [0.1, 0.15) is 6.92 Å². The van der Waals surface area contributed by atoms with E-state index in [1.165, 1.54) is 0 Å². The molecule has 1 atom stereocenters. The molecule has 0 aliphatic carbocycles. The maximum absolute atomic E-state index is 10.2. The molecule has 9 heavy (non-hydrogen) atoms. The van der Waals surface area contributed by atoms with Crippen molar-refractivity contribution in [3.05, 3.63) is 12.2 Å². The van der Waals surface area contributed by atoms with Gasteiger partial charge in [-0.25, -0.2) is 0 Å². The smallest absolute Gasteiger partial charge is 0.324 e. The molecule has 0 rings (SSSR count). The quantitative estimate of drug-likeness (QED) is 0.536. The SMILES string of the molecule is C=C(C)[C@@H](NC)C(=O)O. The highest BCUT2D eigenvalue weighted by Crippen LogP contribution is 1.95. The molecule has 2 N–H and O–H groups in total. The van der Waals surface area contributed by atoms with Gasteiger partial charge in [-0.1, -0.05) is 12.2 Å². The predicted molar refractivity (Wildman–Crippen MR) is 35.3 cm³/mol. The first-order valence-corrected chi connectivity index (χ1v) is 2.65. The summed E-state index contributed by atoms with van der Waals surface area (Å²) in [6.07, 6.45) is 0. The molecule has 0 aliphatic rings. The third-order valence-electron chi connectivity index (χ3n) is 1.03. The lowest BCUT2D eigenvalue weighted by atomic mass is 10.1. The predicted octanol–water partition coefficient (Wildman–Crippen LogP) is 0.235. The molecule has 0 aromatic carbocycles. The van der Waals surface area contributed by atoms with Crippen molar-refractivity contribution in [1.29, 1.82) is 0 Å². The van der Waals surface area contributed by atoms with Crippen molar-refractivity contribution in [2.75, 3.05) is 7.05 Å². The number of hydrogen-bond donors (Lipinski definition) is 2. The Bertz CT molecular complexity index is 117. The number of nitrogens with one attached hydrogen (secondary N) is 1. The number of carbonyl (C=O) groups is 1. The summed E-state index contributed by atoms with van der Waals surface area (Å²) in [6.45, 7) is 5.18. The fraction of sp³-hybridized carbons (Fsp3) is 0.500. The van der Waals surface area contributed by atoms with E-state index in [1.54, 1.807) is 14.0 Å². The van der Waals surface area contributed by atoms with Crippen molar-refractivity contribution in [3.8, 4) is 0 Å². The third kappa shape index (κ3) is 2.28. The van der Waals surface area contributed by atoms with E-state index in [0.717, 1.165) is 0 Å². The fourth-order valence-corrected chi connectivity index (χ4v) is 0.581. The van der Waals surface area contributed by atoms with Crippen molar-refractivity contribution in [2.45, 2.75) is 13.0 Å². The average Bonchev–Trinajstić information content (AvgIpc) is 1.64. The summed E-state index contributed by atoms with van der Waals surface area (Å²) < 4.78 is 0. The highest BCUT2D eigenvalue weighted by Gasteiger charge is 2.13. The largest absolute Gasteiger partial charge is 0.480 e. The Labute approximate surface area is 54.4 Å². The van der Waals surface area contributed by atoms with Crippen molar-refractivity contribution in [1.82, 2.24) is 5.32 Å². The Morgan fingerprint density at radius 1 is 1.78 bits per heavy atom. The maximum atomic E-state index is 10.2. The minimum atomic E-state index is -0.884. The molecule has 0 aliphatic heterocycles.